The molecule has 132 valence electrons. The van der Waals surface area contributed by atoms with Gasteiger partial charge in [-0.1, -0.05) is 30.3 Å². The molecule has 2 unspecified atom stereocenters. The normalized spacial score (nSPS) is 28.6. The Morgan fingerprint density at radius 2 is 1.79 bits per heavy atom. The zero-order valence-corrected chi connectivity index (χ0v) is 13.6. The smallest absolute Gasteiger partial charge is 0.390 e. The molecule has 0 aliphatic carbocycles. The van der Waals surface area contributed by atoms with Crippen LogP contribution in [0.4, 0.5) is 13.2 Å². The summed E-state index contributed by atoms with van der Waals surface area (Å²) in [5, 5.41) is 0. The van der Waals surface area contributed by atoms with Crippen molar-refractivity contribution in [2.75, 3.05) is 7.05 Å². The number of ether oxygens (including phenoxy) is 1. The summed E-state index contributed by atoms with van der Waals surface area (Å²) in [5.74, 6) is -2.05. The van der Waals surface area contributed by atoms with Gasteiger partial charge in [0.2, 0.25) is 0 Å². The molecule has 1 aromatic carbocycles. The number of hydrogen-bond donors (Lipinski definition) is 0. The molecule has 2 heterocycles. The quantitative estimate of drug-likeness (QED) is 0.778. The third-order valence-electron chi connectivity index (χ3n) is 5.26. The molecule has 2 aliphatic heterocycles. The van der Waals surface area contributed by atoms with E-state index in [1.165, 1.54) is 0 Å². The van der Waals surface area contributed by atoms with E-state index in [2.05, 4.69) is 11.9 Å². The van der Waals surface area contributed by atoms with Gasteiger partial charge in [-0.3, -0.25) is 4.79 Å². The first-order valence-corrected chi connectivity index (χ1v) is 8.37. The summed E-state index contributed by atoms with van der Waals surface area (Å²) in [6.45, 7) is 0. The fourth-order valence-electron chi connectivity index (χ4n) is 3.96. The molecule has 0 saturated carbocycles. The van der Waals surface area contributed by atoms with Crippen molar-refractivity contribution >= 4 is 5.97 Å². The van der Waals surface area contributed by atoms with E-state index in [1.54, 1.807) is 30.3 Å². The van der Waals surface area contributed by atoms with Crippen molar-refractivity contribution in [1.29, 1.82) is 0 Å². The molecule has 24 heavy (non-hydrogen) atoms. The number of rotatable bonds is 4. The average Bonchev–Trinajstić information content (AvgIpc) is 2.74. The van der Waals surface area contributed by atoms with Crippen molar-refractivity contribution in [3.05, 3.63) is 35.9 Å². The number of hydrogen-bond acceptors (Lipinski definition) is 3. The van der Waals surface area contributed by atoms with E-state index in [4.69, 9.17) is 4.74 Å². The summed E-state index contributed by atoms with van der Waals surface area (Å²) < 4.78 is 44.2. The van der Waals surface area contributed by atoms with Gasteiger partial charge in [-0.2, -0.15) is 13.2 Å². The summed E-state index contributed by atoms with van der Waals surface area (Å²) in [5.41, 5.74) is 0.357. The number of alkyl halides is 3. The highest BCUT2D eigenvalue weighted by molar-refractivity contribution is 5.78. The second-order valence-electron chi connectivity index (χ2n) is 6.86. The molecule has 0 N–H and O–H groups in total. The van der Waals surface area contributed by atoms with Crippen molar-refractivity contribution in [3.8, 4) is 0 Å². The predicted octanol–water partition coefficient (Wildman–Crippen LogP) is 3.89. The number of carbonyl (C=O) groups is 1. The minimum Gasteiger partial charge on any atom is -0.462 e. The number of halogens is 3. The molecule has 0 radical (unpaired) electrons. The molecule has 4 atom stereocenters. The standard InChI is InChI=1S/C18H22F3NO2/c1-22-13-7-8-14(22)10-15(9-13)24-17(23)16(11-18(19,20)21)12-5-3-2-4-6-12/h2-6,13-16H,7-11H2,1H3/t13-,14+,15?,16?. The lowest BCUT2D eigenvalue weighted by Gasteiger charge is -2.36. The van der Waals surface area contributed by atoms with Crippen LogP contribution in [0.5, 0.6) is 0 Å². The first-order valence-electron chi connectivity index (χ1n) is 8.37. The number of piperidine rings is 1. The number of fused-ring (bicyclic) bond motifs is 2. The number of nitrogens with zero attached hydrogens (tertiary/aromatic N) is 1. The van der Waals surface area contributed by atoms with Gasteiger partial charge in [0.25, 0.3) is 0 Å². The van der Waals surface area contributed by atoms with Crippen molar-refractivity contribution < 1.29 is 22.7 Å². The Hall–Kier alpha value is -1.56. The highest BCUT2D eigenvalue weighted by Gasteiger charge is 2.42. The van der Waals surface area contributed by atoms with Gasteiger partial charge < -0.3 is 9.64 Å². The summed E-state index contributed by atoms with van der Waals surface area (Å²) in [4.78, 5) is 14.8. The molecule has 2 bridgehead atoms. The maximum atomic E-state index is 12.9. The zero-order valence-electron chi connectivity index (χ0n) is 13.6. The summed E-state index contributed by atoms with van der Waals surface area (Å²) in [7, 11) is 2.07. The molecule has 3 nitrogen and oxygen atoms in total. The van der Waals surface area contributed by atoms with Crippen LogP contribution in [0.15, 0.2) is 30.3 Å². The van der Waals surface area contributed by atoms with Crippen LogP contribution < -0.4 is 0 Å². The molecule has 6 heteroatoms. The molecule has 2 fully saturated rings. The van der Waals surface area contributed by atoms with E-state index in [-0.39, 0.29) is 6.10 Å². The third-order valence-corrected chi connectivity index (χ3v) is 5.26. The fourth-order valence-corrected chi connectivity index (χ4v) is 3.96. The Morgan fingerprint density at radius 1 is 1.21 bits per heavy atom. The maximum Gasteiger partial charge on any atom is 0.390 e. The lowest BCUT2D eigenvalue weighted by Crippen LogP contribution is -2.43. The molecule has 0 amide bonds. The SMILES string of the molecule is CN1[C@@H]2CC[C@H]1CC(OC(=O)C(CC(F)(F)F)c1ccccc1)C2. The Bertz CT molecular complexity index is 561. The molecule has 0 aromatic heterocycles. The number of esters is 1. The minimum atomic E-state index is -4.41. The van der Waals surface area contributed by atoms with Gasteiger partial charge in [-0.15, -0.1) is 0 Å². The lowest BCUT2D eigenvalue weighted by molar-refractivity contribution is -0.167. The van der Waals surface area contributed by atoms with Crippen LogP contribution in [0.3, 0.4) is 0 Å². The Balaban J connectivity index is 1.70. The minimum absolute atomic E-state index is 0.273. The van der Waals surface area contributed by atoms with Crippen LogP contribution in [0.2, 0.25) is 0 Å². The van der Waals surface area contributed by atoms with Crippen molar-refractivity contribution in [2.45, 2.75) is 62.4 Å². The lowest BCUT2D eigenvalue weighted by atomic mass is 9.95. The van der Waals surface area contributed by atoms with Crippen LogP contribution in [-0.4, -0.2) is 42.3 Å². The predicted molar refractivity (Wildman–Crippen MR) is 83.5 cm³/mol. The molecular formula is C18H22F3NO2. The molecule has 0 spiro atoms. The van der Waals surface area contributed by atoms with Gasteiger partial charge in [0, 0.05) is 12.1 Å². The van der Waals surface area contributed by atoms with Gasteiger partial charge in [0.15, 0.2) is 0 Å². The second-order valence-corrected chi connectivity index (χ2v) is 6.86. The van der Waals surface area contributed by atoms with Gasteiger partial charge in [-0.25, -0.2) is 0 Å². The first-order chi connectivity index (χ1) is 11.3. The Morgan fingerprint density at radius 3 is 2.33 bits per heavy atom. The van der Waals surface area contributed by atoms with Crippen LogP contribution in [0.1, 0.15) is 43.6 Å². The Kier molecular flexibility index (Phi) is 4.85. The monoisotopic (exact) mass is 341 g/mol. The highest BCUT2D eigenvalue weighted by Crippen LogP contribution is 2.37. The van der Waals surface area contributed by atoms with Crippen LogP contribution in [0, 0.1) is 0 Å². The summed E-state index contributed by atoms with van der Waals surface area (Å²) >= 11 is 0. The number of carbonyl (C=O) groups excluding carboxylic acids is 1. The van der Waals surface area contributed by atoms with Gasteiger partial charge in [-0.05, 0) is 38.3 Å². The first kappa shape index (κ1) is 17.3. The average molecular weight is 341 g/mol. The van der Waals surface area contributed by atoms with E-state index in [1.807, 2.05) is 0 Å². The summed E-state index contributed by atoms with van der Waals surface area (Å²) in [6, 6.07) is 8.85. The molecule has 1 aromatic rings. The molecular weight excluding hydrogens is 319 g/mol. The molecule has 2 saturated heterocycles. The zero-order chi connectivity index (χ0) is 17.3. The fraction of sp³-hybridized carbons (Fsp3) is 0.611. The van der Waals surface area contributed by atoms with Crippen LogP contribution in [-0.2, 0) is 9.53 Å². The molecule has 3 rings (SSSR count). The van der Waals surface area contributed by atoms with Crippen LogP contribution >= 0.6 is 0 Å². The maximum absolute atomic E-state index is 12.9. The van der Waals surface area contributed by atoms with Crippen molar-refractivity contribution in [3.63, 3.8) is 0 Å². The summed E-state index contributed by atoms with van der Waals surface area (Å²) in [6.07, 6.45) is -2.30. The largest absolute Gasteiger partial charge is 0.462 e. The van der Waals surface area contributed by atoms with Gasteiger partial charge in [0.05, 0.1) is 12.3 Å². The van der Waals surface area contributed by atoms with E-state index >= 15 is 0 Å². The van der Waals surface area contributed by atoms with Gasteiger partial charge in [0.1, 0.15) is 6.10 Å². The number of benzene rings is 1. The topological polar surface area (TPSA) is 29.5 Å². The van der Waals surface area contributed by atoms with Crippen LogP contribution in [0.25, 0.3) is 0 Å². The second kappa shape index (κ2) is 6.75. The third kappa shape index (κ3) is 3.91. The van der Waals surface area contributed by atoms with Gasteiger partial charge >= 0.3 is 12.1 Å². The molecule has 2 aliphatic rings. The van der Waals surface area contributed by atoms with E-state index in [0.29, 0.717) is 30.5 Å². The van der Waals surface area contributed by atoms with E-state index in [0.717, 1.165) is 12.8 Å². The van der Waals surface area contributed by atoms with E-state index in [9.17, 15) is 18.0 Å². The van der Waals surface area contributed by atoms with Crippen molar-refractivity contribution in [2.24, 2.45) is 0 Å². The van der Waals surface area contributed by atoms with E-state index < -0.39 is 24.5 Å². The van der Waals surface area contributed by atoms with Crippen molar-refractivity contribution in [1.82, 2.24) is 4.90 Å². The Labute approximate surface area is 139 Å². The highest BCUT2D eigenvalue weighted by atomic mass is 19.4.